The van der Waals surface area contributed by atoms with Crippen molar-refractivity contribution in [3.05, 3.63) is 16.0 Å². The van der Waals surface area contributed by atoms with Crippen molar-refractivity contribution < 1.29 is 14.3 Å². The molecule has 1 aromatic heterocycles. The molecule has 0 saturated heterocycles. The Morgan fingerprint density at radius 2 is 2.06 bits per heavy atom. The van der Waals surface area contributed by atoms with Crippen LogP contribution >= 0.6 is 11.3 Å². The summed E-state index contributed by atoms with van der Waals surface area (Å²) in [5.41, 5.74) is 6.66. The maximum atomic E-state index is 11.9. The number of thiophene rings is 1. The van der Waals surface area contributed by atoms with Crippen LogP contribution in [0, 0.1) is 6.92 Å². The van der Waals surface area contributed by atoms with E-state index in [0.717, 1.165) is 11.3 Å². The molecule has 100 valence electrons. The van der Waals surface area contributed by atoms with E-state index in [2.05, 4.69) is 5.32 Å². The molecule has 0 spiro atoms. The second kappa shape index (κ2) is 5.86. The molecule has 1 heterocycles. The molecule has 6 heteroatoms. The molecule has 0 bridgehead atoms. The first-order valence-corrected chi connectivity index (χ1v) is 6.56. The predicted octanol–water partition coefficient (Wildman–Crippen LogP) is 1.95. The molecule has 0 aliphatic rings. The highest BCUT2D eigenvalue weighted by Gasteiger charge is 2.24. The minimum absolute atomic E-state index is 0.0336. The van der Waals surface area contributed by atoms with E-state index in [1.54, 1.807) is 13.8 Å². The summed E-state index contributed by atoms with van der Waals surface area (Å²) in [6, 6.07) is 0.0336. The standard InChI is InChI=1S/C12H18N2O3S/c1-5-17-12(16)8-7(4)9(18-10(8)13)11(15)14-6(2)3/h6H,5,13H2,1-4H3,(H,14,15). The third-order valence-electron chi connectivity index (χ3n) is 2.28. The third kappa shape index (κ3) is 3.01. The SMILES string of the molecule is CCOC(=O)c1c(N)sc(C(=O)NC(C)C)c1C. The Hall–Kier alpha value is -1.56. The molecule has 0 aliphatic heterocycles. The van der Waals surface area contributed by atoms with Crippen LogP contribution in [0.25, 0.3) is 0 Å². The monoisotopic (exact) mass is 270 g/mol. The molecule has 0 saturated carbocycles. The molecule has 0 unspecified atom stereocenters. The minimum atomic E-state index is -0.479. The lowest BCUT2D eigenvalue weighted by molar-refractivity contribution is 0.0527. The summed E-state index contributed by atoms with van der Waals surface area (Å²) in [6.45, 7) is 7.45. The van der Waals surface area contributed by atoms with Crippen molar-refractivity contribution in [1.82, 2.24) is 5.32 Å². The number of hydrogen-bond donors (Lipinski definition) is 2. The fourth-order valence-corrected chi connectivity index (χ4v) is 2.50. The van der Waals surface area contributed by atoms with Gasteiger partial charge in [-0.15, -0.1) is 11.3 Å². The molecule has 1 rings (SSSR count). The molecule has 1 aromatic rings. The van der Waals surface area contributed by atoms with E-state index in [1.807, 2.05) is 13.8 Å². The van der Waals surface area contributed by atoms with Crippen molar-refractivity contribution in [2.45, 2.75) is 33.7 Å². The van der Waals surface area contributed by atoms with Crippen LogP contribution in [0.5, 0.6) is 0 Å². The average molecular weight is 270 g/mol. The van der Waals surface area contributed by atoms with Crippen LogP contribution in [-0.2, 0) is 4.74 Å². The summed E-state index contributed by atoms with van der Waals surface area (Å²) >= 11 is 1.11. The Kier molecular flexibility index (Phi) is 4.72. The second-order valence-electron chi connectivity index (χ2n) is 4.14. The zero-order valence-electron chi connectivity index (χ0n) is 11.0. The molecule has 3 N–H and O–H groups in total. The van der Waals surface area contributed by atoms with Gasteiger partial charge >= 0.3 is 5.97 Å². The Balaban J connectivity index is 3.07. The number of nitrogen functional groups attached to an aromatic ring is 1. The normalized spacial score (nSPS) is 10.5. The van der Waals surface area contributed by atoms with Crippen molar-refractivity contribution >= 4 is 28.2 Å². The maximum Gasteiger partial charge on any atom is 0.341 e. The zero-order valence-corrected chi connectivity index (χ0v) is 11.8. The van der Waals surface area contributed by atoms with Crippen molar-refractivity contribution in [3.63, 3.8) is 0 Å². The van der Waals surface area contributed by atoms with E-state index in [9.17, 15) is 9.59 Å². The van der Waals surface area contributed by atoms with Gasteiger partial charge in [-0.3, -0.25) is 4.79 Å². The van der Waals surface area contributed by atoms with Crippen LogP contribution in [-0.4, -0.2) is 24.5 Å². The lowest BCUT2D eigenvalue weighted by Gasteiger charge is -2.07. The van der Waals surface area contributed by atoms with Gasteiger partial charge in [-0.05, 0) is 33.3 Å². The quantitative estimate of drug-likeness (QED) is 0.819. The third-order valence-corrected chi connectivity index (χ3v) is 3.40. The lowest BCUT2D eigenvalue weighted by atomic mass is 10.1. The molecular weight excluding hydrogens is 252 g/mol. The number of carbonyl (C=O) groups excluding carboxylic acids is 2. The van der Waals surface area contributed by atoms with Gasteiger partial charge in [0, 0.05) is 6.04 Å². The fourth-order valence-electron chi connectivity index (χ4n) is 1.54. The number of nitrogens with one attached hydrogen (secondary N) is 1. The topological polar surface area (TPSA) is 81.4 Å². The lowest BCUT2D eigenvalue weighted by Crippen LogP contribution is -2.29. The van der Waals surface area contributed by atoms with Crippen molar-refractivity contribution in [3.8, 4) is 0 Å². The number of anilines is 1. The van der Waals surface area contributed by atoms with E-state index in [1.165, 1.54) is 0 Å². The molecule has 0 aliphatic carbocycles. The summed E-state index contributed by atoms with van der Waals surface area (Å²) in [6.07, 6.45) is 0. The van der Waals surface area contributed by atoms with E-state index in [0.29, 0.717) is 21.0 Å². The summed E-state index contributed by atoms with van der Waals surface area (Å²) in [5, 5.41) is 3.09. The second-order valence-corrected chi connectivity index (χ2v) is 5.20. The molecule has 18 heavy (non-hydrogen) atoms. The number of amides is 1. The zero-order chi connectivity index (χ0) is 13.9. The Morgan fingerprint density at radius 3 is 2.56 bits per heavy atom. The Bertz CT molecular complexity index is 466. The van der Waals surface area contributed by atoms with Gasteiger partial charge in [0.2, 0.25) is 0 Å². The van der Waals surface area contributed by atoms with Crippen LogP contribution in [0.1, 0.15) is 46.4 Å². The van der Waals surface area contributed by atoms with Crippen LogP contribution in [0.3, 0.4) is 0 Å². The summed E-state index contributed by atoms with van der Waals surface area (Å²) in [7, 11) is 0. The molecule has 5 nitrogen and oxygen atoms in total. The average Bonchev–Trinajstić information content (AvgIpc) is 2.53. The predicted molar refractivity (Wildman–Crippen MR) is 72.0 cm³/mol. The van der Waals surface area contributed by atoms with Gasteiger partial charge in [-0.25, -0.2) is 4.79 Å². The van der Waals surface area contributed by atoms with Gasteiger partial charge < -0.3 is 15.8 Å². The van der Waals surface area contributed by atoms with Gasteiger partial charge in [0.15, 0.2) is 0 Å². The summed E-state index contributed by atoms with van der Waals surface area (Å²) in [5.74, 6) is -0.693. The van der Waals surface area contributed by atoms with Crippen LogP contribution in [0.15, 0.2) is 0 Å². The minimum Gasteiger partial charge on any atom is -0.462 e. The van der Waals surface area contributed by atoms with Crippen LogP contribution in [0.2, 0.25) is 0 Å². The first kappa shape index (κ1) is 14.5. The highest BCUT2D eigenvalue weighted by molar-refractivity contribution is 7.18. The van der Waals surface area contributed by atoms with E-state index >= 15 is 0 Å². The van der Waals surface area contributed by atoms with E-state index < -0.39 is 5.97 Å². The van der Waals surface area contributed by atoms with Gasteiger partial charge in [-0.1, -0.05) is 0 Å². The van der Waals surface area contributed by atoms with E-state index in [4.69, 9.17) is 10.5 Å². The molecule has 0 radical (unpaired) electrons. The van der Waals surface area contributed by atoms with Gasteiger partial charge in [0.05, 0.1) is 17.0 Å². The number of esters is 1. The molecule has 0 fully saturated rings. The maximum absolute atomic E-state index is 11.9. The van der Waals surface area contributed by atoms with Crippen molar-refractivity contribution in [1.29, 1.82) is 0 Å². The molecular formula is C12H18N2O3S. The number of carbonyl (C=O) groups is 2. The first-order chi connectivity index (χ1) is 8.38. The number of nitrogens with two attached hydrogens (primary N) is 1. The molecule has 0 aromatic carbocycles. The van der Waals surface area contributed by atoms with Gasteiger partial charge in [0.25, 0.3) is 5.91 Å². The Labute approximate surface area is 110 Å². The fraction of sp³-hybridized carbons (Fsp3) is 0.500. The highest BCUT2D eigenvalue weighted by atomic mass is 32.1. The van der Waals surface area contributed by atoms with Gasteiger partial charge in [0.1, 0.15) is 5.00 Å². The smallest absolute Gasteiger partial charge is 0.341 e. The summed E-state index contributed by atoms with van der Waals surface area (Å²) in [4.78, 5) is 24.1. The van der Waals surface area contributed by atoms with Gasteiger partial charge in [-0.2, -0.15) is 0 Å². The molecule has 0 atom stereocenters. The van der Waals surface area contributed by atoms with Crippen molar-refractivity contribution in [2.75, 3.05) is 12.3 Å². The van der Waals surface area contributed by atoms with E-state index in [-0.39, 0.29) is 18.6 Å². The number of ether oxygens (including phenoxy) is 1. The number of hydrogen-bond acceptors (Lipinski definition) is 5. The molecule has 1 amide bonds. The van der Waals surface area contributed by atoms with Crippen LogP contribution in [0.4, 0.5) is 5.00 Å². The summed E-state index contributed by atoms with van der Waals surface area (Å²) < 4.78 is 4.92. The largest absolute Gasteiger partial charge is 0.462 e. The number of rotatable bonds is 4. The van der Waals surface area contributed by atoms with Crippen LogP contribution < -0.4 is 11.1 Å². The highest BCUT2D eigenvalue weighted by Crippen LogP contribution is 2.31. The first-order valence-electron chi connectivity index (χ1n) is 5.75. The van der Waals surface area contributed by atoms with Crippen molar-refractivity contribution in [2.24, 2.45) is 0 Å². The Morgan fingerprint density at radius 1 is 1.44 bits per heavy atom.